The Labute approximate surface area is 67.1 Å². The van der Waals surface area contributed by atoms with E-state index in [-0.39, 0.29) is 0 Å². The van der Waals surface area contributed by atoms with E-state index in [2.05, 4.69) is 0 Å². The van der Waals surface area contributed by atoms with Gasteiger partial charge in [0.05, 0.1) is 0 Å². The van der Waals surface area contributed by atoms with Gasteiger partial charge in [-0.2, -0.15) is 0 Å². The summed E-state index contributed by atoms with van der Waals surface area (Å²) in [6.45, 7) is 0. The van der Waals surface area contributed by atoms with Crippen molar-refractivity contribution in [1.82, 2.24) is 0 Å². The molecule has 2 fully saturated rings. The number of ketones is 1. The highest BCUT2D eigenvalue weighted by Gasteiger charge is 2.44. The van der Waals surface area contributed by atoms with Crippen LogP contribution in [0.5, 0.6) is 0 Å². The largest absolute Gasteiger partial charge is 0.328 e. The summed E-state index contributed by atoms with van der Waals surface area (Å²) < 4.78 is 0. The predicted octanol–water partition coefficient (Wildman–Crippen LogP) is 1.24. The zero-order valence-electron chi connectivity index (χ0n) is 6.81. The first-order chi connectivity index (χ1) is 5.20. The Bertz CT molecular complexity index is 170. The first kappa shape index (κ1) is 7.29. The standard InChI is InChI=1S/C9H15NO/c10-7-1-3-9(4-2-7)5-8(11)6-9/h7H,1-6,10H2. The second-order valence-corrected chi connectivity index (χ2v) is 4.23. The minimum atomic E-state index is 0.413. The summed E-state index contributed by atoms with van der Waals surface area (Å²) in [6.07, 6.45) is 6.35. The molecule has 11 heavy (non-hydrogen) atoms. The Balaban J connectivity index is 1.92. The maximum absolute atomic E-state index is 10.8. The van der Waals surface area contributed by atoms with Crippen molar-refractivity contribution in [1.29, 1.82) is 0 Å². The molecule has 2 rings (SSSR count). The van der Waals surface area contributed by atoms with Crippen molar-refractivity contribution < 1.29 is 4.79 Å². The number of nitrogens with two attached hydrogens (primary N) is 1. The van der Waals surface area contributed by atoms with E-state index in [1.54, 1.807) is 0 Å². The lowest BCUT2D eigenvalue weighted by atomic mass is 9.59. The average Bonchev–Trinajstić information content (AvgIpc) is 1.92. The predicted molar refractivity (Wildman–Crippen MR) is 43.1 cm³/mol. The first-order valence-corrected chi connectivity index (χ1v) is 4.48. The Hall–Kier alpha value is -0.370. The van der Waals surface area contributed by atoms with Gasteiger partial charge in [0.25, 0.3) is 0 Å². The minimum Gasteiger partial charge on any atom is -0.328 e. The highest BCUT2D eigenvalue weighted by atomic mass is 16.1. The van der Waals surface area contributed by atoms with E-state index in [9.17, 15) is 4.79 Å². The topological polar surface area (TPSA) is 43.1 Å². The van der Waals surface area contributed by atoms with Crippen LogP contribution < -0.4 is 5.73 Å². The van der Waals surface area contributed by atoms with Crippen LogP contribution in [0.25, 0.3) is 0 Å². The normalized spacial score (nSPS) is 30.5. The van der Waals surface area contributed by atoms with E-state index in [0.717, 1.165) is 25.7 Å². The highest BCUT2D eigenvalue weighted by Crippen LogP contribution is 2.49. The van der Waals surface area contributed by atoms with Gasteiger partial charge in [0.15, 0.2) is 0 Å². The molecule has 0 aromatic rings. The van der Waals surface area contributed by atoms with E-state index < -0.39 is 0 Å². The van der Waals surface area contributed by atoms with Crippen molar-refractivity contribution in [3.05, 3.63) is 0 Å². The maximum atomic E-state index is 10.8. The van der Waals surface area contributed by atoms with Crippen LogP contribution >= 0.6 is 0 Å². The first-order valence-electron chi connectivity index (χ1n) is 4.48. The van der Waals surface area contributed by atoms with Crippen LogP contribution in [0, 0.1) is 5.41 Å². The molecule has 2 N–H and O–H groups in total. The van der Waals surface area contributed by atoms with Crippen LogP contribution in [0.1, 0.15) is 38.5 Å². The summed E-state index contributed by atoms with van der Waals surface area (Å²) >= 11 is 0. The highest BCUT2D eigenvalue weighted by molar-refractivity contribution is 5.86. The van der Waals surface area contributed by atoms with Gasteiger partial charge in [-0.05, 0) is 31.1 Å². The van der Waals surface area contributed by atoms with E-state index >= 15 is 0 Å². The average molecular weight is 153 g/mol. The quantitative estimate of drug-likeness (QED) is 0.569. The van der Waals surface area contributed by atoms with Gasteiger partial charge in [-0.15, -0.1) is 0 Å². The van der Waals surface area contributed by atoms with Crippen LogP contribution in [-0.2, 0) is 4.79 Å². The number of hydrogen-bond acceptors (Lipinski definition) is 2. The van der Waals surface area contributed by atoms with Crippen LogP contribution in [0.2, 0.25) is 0 Å². The van der Waals surface area contributed by atoms with Crippen LogP contribution in [0.3, 0.4) is 0 Å². The van der Waals surface area contributed by atoms with Crippen LogP contribution in [-0.4, -0.2) is 11.8 Å². The summed E-state index contributed by atoms with van der Waals surface area (Å²) in [5.74, 6) is 0.459. The van der Waals surface area contributed by atoms with Crippen LogP contribution in [0.4, 0.5) is 0 Å². The number of carbonyl (C=O) groups is 1. The Morgan fingerprint density at radius 1 is 1.27 bits per heavy atom. The Kier molecular flexibility index (Phi) is 1.53. The lowest BCUT2D eigenvalue weighted by Crippen LogP contribution is -2.43. The molecule has 0 aromatic carbocycles. The van der Waals surface area contributed by atoms with Gasteiger partial charge < -0.3 is 5.73 Å². The van der Waals surface area contributed by atoms with Crippen LogP contribution in [0.15, 0.2) is 0 Å². The molecule has 0 aliphatic heterocycles. The molecule has 0 atom stereocenters. The van der Waals surface area contributed by atoms with Crippen molar-refractivity contribution in [2.75, 3.05) is 0 Å². The van der Waals surface area contributed by atoms with Gasteiger partial charge in [0, 0.05) is 18.9 Å². The van der Waals surface area contributed by atoms with E-state index in [1.807, 2.05) is 0 Å². The number of carbonyl (C=O) groups excluding carboxylic acids is 1. The van der Waals surface area contributed by atoms with Gasteiger partial charge in [-0.25, -0.2) is 0 Å². The van der Waals surface area contributed by atoms with Crippen molar-refractivity contribution in [3.63, 3.8) is 0 Å². The zero-order chi connectivity index (χ0) is 7.90. The van der Waals surface area contributed by atoms with E-state index in [4.69, 9.17) is 5.73 Å². The minimum absolute atomic E-state index is 0.413. The molecule has 0 saturated heterocycles. The molecule has 2 saturated carbocycles. The lowest BCUT2D eigenvalue weighted by molar-refractivity contribution is -0.134. The third kappa shape index (κ3) is 1.20. The number of hydrogen-bond donors (Lipinski definition) is 1. The van der Waals surface area contributed by atoms with Crippen molar-refractivity contribution in [3.8, 4) is 0 Å². The van der Waals surface area contributed by atoms with Crippen molar-refractivity contribution in [2.24, 2.45) is 11.1 Å². The molecule has 2 aliphatic carbocycles. The van der Waals surface area contributed by atoms with Gasteiger partial charge in [-0.3, -0.25) is 4.79 Å². The molecule has 1 spiro atoms. The summed E-state index contributed by atoms with van der Waals surface area (Å²) in [6, 6.07) is 0.413. The fourth-order valence-electron chi connectivity index (χ4n) is 2.39. The SMILES string of the molecule is NC1CCC2(CC1)CC(=O)C2. The molecule has 62 valence electrons. The Morgan fingerprint density at radius 2 is 1.82 bits per heavy atom. The Morgan fingerprint density at radius 3 is 2.27 bits per heavy atom. The third-order valence-electron chi connectivity index (χ3n) is 3.24. The monoisotopic (exact) mass is 153 g/mol. The van der Waals surface area contributed by atoms with E-state index in [0.29, 0.717) is 17.2 Å². The molecule has 2 aliphatic rings. The number of Topliss-reactive ketones (excluding diaryl/α,β-unsaturated/α-hetero) is 1. The van der Waals surface area contributed by atoms with Gasteiger partial charge in [0.2, 0.25) is 0 Å². The maximum Gasteiger partial charge on any atom is 0.134 e. The second kappa shape index (κ2) is 2.31. The van der Waals surface area contributed by atoms with Crippen molar-refractivity contribution >= 4 is 5.78 Å². The molecular weight excluding hydrogens is 138 g/mol. The molecule has 0 unspecified atom stereocenters. The fraction of sp³-hybridized carbons (Fsp3) is 0.889. The molecule has 0 heterocycles. The summed E-state index contributed by atoms with van der Waals surface area (Å²) in [5.41, 5.74) is 6.21. The van der Waals surface area contributed by atoms with Gasteiger partial charge in [0.1, 0.15) is 5.78 Å². The molecule has 2 heteroatoms. The van der Waals surface area contributed by atoms with Crippen molar-refractivity contribution in [2.45, 2.75) is 44.6 Å². The molecule has 0 aromatic heterocycles. The summed E-state index contributed by atoms with van der Waals surface area (Å²) in [7, 11) is 0. The van der Waals surface area contributed by atoms with E-state index in [1.165, 1.54) is 12.8 Å². The number of rotatable bonds is 0. The third-order valence-corrected chi connectivity index (χ3v) is 3.24. The lowest BCUT2D eigenvalue weighted by Gasteiger charge is -2.45. The zero-order valence-corrected chi connectivity index (χ0v) is 6.81. The molecule has 0 bridgehead atoms. The summed E-state index contributed by atoms with van der Waals surface area (Å²) in [5, 5.41) is 0. The smallest absolute Gasteiger partial charge is 0.134 e. The summed E-state index contributed by atoms with van der Waals surface area (Å²) in [4.78, 5) is 10.8. The molecular formula is C9H15NO. The van der Waals surface area contributed by atoms with Gasteiger partial charge in [-0.1, -0.05) is 0 Å². The molecule has 0 radical (unpaired) electrons. The second-order valence-electron chi connectivity index (χ2n) is 4.23. The molecule has 2 nitrogen and oxygen atoms in total. The van der Waals surface area contributed by atoms with Gasteiger partial charge >= 0.3 is 0 Å². The molecule has 0 amide bonds. The fourth-order valence-corrected chi connectivity index (χ4v) is 2.39.